The second-order valence-corrected chi connectivity index (χ2v) is 5.71. The third-order valence-electron chi connectivity index (χ3n) is 4.05. The van der Waals surface area contributed by atoms with E-state index in [4.69, 9.17) is 0 Å². The lowest BCUT2D eigenvalue weighted by atomic mass is 10.1. The molecule has 21 heavy (non-hydrogen) atoms. The number of amides is 2. The lowest BCUT2D eigenvalue weighted by molar-refractivity contribution is -0.134. The van der Waals surface area contributed by atoms with E-state index in [-0.39, 0.29) is 17.7 Å². The number of halogens is 1. The molecule has 0 bridgehead atoms. The van der Waals surface area contributed by atoms with E-state index in [0.717, 1.165) is 19.0 Å². The predicted octanol–water partition coefficient (Wildman–Crippen LogP) is 1.22. The van der Waals surface area contributed by atoms with Crippen molar-refractivity contribution < 1.29 is 14.0 Å². The van der Waals surface area contributed by atoms with Crippen molar-refractivity contribution >= 4 is 11.8 Å². The lowest BCUT2D eigenvalue weighted by Crippen LogP contribution is -2.51. The van der Waals surface area contributed by atoms with Crippen molar-refractivity contribution in [2.45, 2.75) is 19.8 Å². The molecule has 2 fully saturated rings. The second kappa shape index (κ2) is 5.42. The van der Waals surface area contributed by atoms with Crippen LogP contribution in [0.3, 0.4) is 0 Å². The summed E-state index contributed by atoms with van der Waals surface area (Å²) < 4.78 is 13.0. The van der Waals surface area contributed by atoms with Gasteiger partial charge in [0.2, 0.25) is 5.91 Å². The highest BCUT2D eigenvalue weighted by atomic mass is 19.1. The number of hydrogen-bond donors (Lipinski definition) is 0. The maximum Gasteiger partial charge on any atom is 0.272 e. The minimum absolute atomic E-state index is 0.189. The molecule has 1 aliphatic carbocycles. The van der Waals surface area contributed by atoms with Crippen LogP contribution in [-0.4, -0.2) is 52.8 Å². The SMILES string of the molecule is Cc1cc(F)cnc1C(=O)N1CCN(C(=O)C2CC2)CC1. The maximum atomic E-state index is 13.0. The Labute approximate surface area is 122 Å². The first-order chi connectivity index (χ1) is 10.1. The summed E-state index contributed by atoms with van der Waals surface area (Å²) in [5.41, 5.74) is 0.829. The number of rotatable bonds is 2. The summed E-state index contributed by atoms with van der Waals surface area (Å²) in [7, 11) is 0. The van der Waals surface area contributed by atoms with Crippen LogP contribution in [0.25, 0.3) is 0 Å². The van der Waals surface area contributed by atoms with E-state index in [1.807, 2.05) is 4.90 Å². The molecule has 0 aromatic carbocycles. The van der Waals surface area contributed by atoms with Crippen LogP contribution in [0.1, 0.15) is 28.9 Å². The van der Waals surface area contributed by atoms with E-state index in [9.17, 15) is 14.0 Å². The minimum Gasteiger partial charge on any atom is -0.339 e. The van der Waals surface area contributed by atoms with Crippen molar-refractivity contribution in [1.82, 2.24) is 14.8 Å². The van der Waals surface area contributed by atoms with Gasteiger partial charge in [-0.25, -0.2) is 9.37 Å². The van der Waals surface area contributed by atoms with Crippen LogP contribution in [0.5, 0.6) is 0 Å². The fraction of sp³-hybridized carbons (Fsp3) is 0.533. The molecule has 3 rings (SSSR count). The Bertz CT molecular complexity index is 578. The van der Waals surface area contributed by atoms with Crippen LogP contribution in [0.15, 0.2) is 12.3 Å². The van der Waals surface area contributed by atoms with Gasteiger partial charge >= 0.3 is 0 Å². The molecule has 1 aliphatic heterocycles. The third kappa shape index (κ3) is 2.89. The van der Waals surface area contributed by atoms with Gasteiger partial charge in [0.05, 0.1) is 6.20 Å². The Balaban J connectivity index is 1.63. The average molecular weight is 291 g/mol. The standard InChI is InChI=1S/C15H18FN3O2/c1-10-8-12(16)9-17-13(10)15(21)19-6-4-18(5-7-19)14(20)11-2-3-11/h8-9,11H,2-7H2,1H3. The van der Waals surface area contributed by atoms with Crippen molar-refractivity contribution in [2.75, 3.05) is 26.2 Å². The molecule has 2 aliphatic rings. The van der Waals surface area contributed by atoms with Crippen LogP contribution in [0, 0.1) is 18.7 Å². The van der Waals surface area contributed by atoms with Crippen LogP contribution >= 0.6 is 0 Å². The number of carbonyl (C=O) groups excluding carboxylic acids is 2. The van der Waals surface area contributed by atoms with Crippen molar-refractivity contribution in [3.8, 4) is 0 Å². The lowest BCUT2D eigenvalue weighted by Gasteiger charge is -2.34. The van der Waals surface area contributed by atoms with Crippen LogP contribution in [-0.2, 0) is 4.79 Å². The van der Waals surface area contributed by atoms with Gasteiger partial charge in [0.15, 0.2) is 0 Å². The average Bonchev–Trinajstić information content (AvgIpc) is 3.31. The number of carbonyl (C=O) groups is 2. The third-order valence-corrected chi connectivity index (χ3v) is 4.05. The van der Waals surface area contributed by atoms with Crippen LogP contribution in [0.4, 0.5) is 4.39 Å². The molecule has 2 amide bonds. The fourth-order valence-corrected chi connectivity index (χ4v) is 2.63. The largest absolute Gasteiger partial charge is 0.339 e. The number of aryl methyl sites for hydroxylation is 1. The van der Waals surface area contributed by atoms with E-state index < -0.39 is 5.82 Å². The fourth-order valence-electron chi connectivity index (χ4n) is 2.63. The number of nitrogens with zero attached hydrogens (tertiary/aromatic N) is 3. The van der Waals surface area contributed by atoms with E-state index in [1.54, 1.807) is 11.8 Å². The van der Waals surface area contributed by atoms with Gasteiger partial charge in [-0.1, -0.05) is 0 Å². The molecular formula is C15H18FN3O2. The smallest absolute Gasteiger partial charge is 0.272 e. The van der Waals surface area contributed by atoms with Gasteiger partial charge in [0.1, 0.15) is 11.5 Å². The number of hydrogen-bond acceptors (Lipinski definition) is 3. The molecule has 0 atom stereocenters. The summed E-state index contributed by atoms with van der Waals surface area (Å²) in [6.07, 6.45) is 3.06. The number of piperazine rings is 1. The van der Waals surface area contributed by atoms with Gasteiger partial charge in [-0.05, 0) is 31.4 Å². The highest BCUT2D eigenvalue weighted by Gasteiger charge is 2.35. The zero-order valence-electron chi connectivity index (χ0n) is 12.0. The van der Waals surface area contributed by atoms with Crippen molar-refractivity contribution in [3.63, 3.8) is 0 Å². The minimum atomic E-state index is -0.441. The molecule has 1 aromatic heterocycles. The van der Waals surface area contributed by atoms with Crippen molar-refractivity contribution in [2.24, 2.45) is 5.92 Å². The topological polar surface area (TPSA) is 53.5 Å². The zero-order valence-corrected chi connectivity index (χ0v) is 12.0. The van der Waals surface area contributed by atoms with Gasteiger partial charge < -0.3 is 9.80 Å². The Morgan fingerprint density at radius 3 is 2.38 bits per heavy atom. The first-order valence-corrected chi connectivity index (χ1v) is 7.26. The van der Waals surface area contributed by atoms with Gasteiger partial charge in [0, 0.05) is 32.1 Å². The van der Waals surface area contributed by atoms with E-state index in [0.29, 0.717) is 37.4 Å². The monoisotopic (exact) mass is 291 g/mol. The second-order valence-electron chi connectivity index (χ2n) is 5.71. The molecule has 1 saturated heterocycles. The van der Waals surface area contributed by atoms with Crippen molar-refractivity contribution in [1.29, 1.82) is 0 Å². The summed E-state index contributed by atoms with van der Waals surface area (Å²) in [5, 5.41) is 0. The van der Waals surface area contributed by atoms with E-state index >= 15 is 0 Å². The first kappa shape index (κ1) is 14.0. The number of pyridine rings is 1. The van der Waals surface area contributed by atoms with E-state index in [1.165, 1.54) is 6.07 Å². The van der Waals surface area contributed by atoms with Crippen LogP contribution in [0.2, 0.25) is 0 Å². The Hall–Kier alpha value is -1.98. The van der Waals surface area contributed by atoms with E-state index in [2.05, 4.69) is 4.98 Å². The highest BCUT2D eigenvalue weighted by Crippen LogP contribution is 2.31. The summed E-state index contributed by atoms with van der Waals surface area (Å²) in [6.45, 7) is 3.84. The Kier molecular flexibility index (Phi) is 3.61. The van der Waals surface area contributed by atoms with Crippen molar-refractivity contribution in [3.05, 3.63) is 29.3 Å². The molecule has 2 heterocycles. The number of aromatic nitrogens is 1. The normalized spacial score (nSPS) is 18.8. The summed E-state index contributed by atoms with van der Waals surface area (Å²) in [4.78, 5) is 31.8. The Morgan fingerprint density at radius 1 is 1.19 bits per heavy atom. The molecule has 6 heteroatoms. The van der Waals surface area contributed by atoms with Gasteiger partial charge in [-0.3, -0.25) is 9.59 Å². The maximum absolute atomic E-state index is 13.0. The van der Waals surface area contributed by atoms with Gasteiger partial charge in [0.25, 0.3) is 5.91 Å². The summed E-state index contributed by atoms with van der Waals surface area (Å²) in [5.74, 6) is -0.193. The van der Waals surface area contributed by atoms with Gasteiger partial charge in [-0.15, -0.1) is 0 Å². The molecule has 0 unspecified atom stereocenters. The Morgan fingerprint density at radius 2 is 1.81 bits per heavy atom. The summed E-state index contributed by atoms with van der Waals surface area (Å²) in [6, 6.07) is 1.31. The summed E-state index contributed by atoms with van der Waals surface area (Å²) >= 11 is 0. The predicted molar refractivity (Wildman–Crippen MR) is 74.1 cm³/mol. The zero-order chi connectivity index (χ0) is 15.0. The van der Waals surface area contributed by atoms with Gasteiger partial charge in [-0.2, -0.15) is 0 Å². The van der Waals surface area contributed by atoms with Crippen LogP contribution < -0.4 is 0 Å². The molecule has 112 valence electrons. The molecule has 0 spiro atoms. The molecule has 5 nitrogen and oxygen atoms in total. The first-order valence-electron chi connectivity index (χ1n) is 7.26. The molecule has 1 saturated carbocycles. The quantitative estimate of drug-likeness (QED) is 0.823. The molecular weight excluding hydrogens is 273 g/mol. The molecule has 0 radical (unpaired) electrons. The highest BCUT2D eigenvalue weighted by molar-refractivity contribution is 5.93. The molecule has 1 aromatic rings. The molecule has 0 N–H and O–H groups in total.